The molecule has 0 bridgehead atoms. The normalized spacial score (nSPS) is 17.6. The Morgan fingerprint density at radius 1 is 1.39 bits per heavy atom. The standard InChI is InChI=1S/C13H20Br2N2O/c1-2-17(8-10-3-5-16-6-4-10)9-11-7-12(14)13(15)18-11/h7,10,16H,2-6,8-9H2,1H3. The highest BCUT2D eigenvalue weighted by molar-refractivity contribution is 9.13. The van der Waals surface area contributed by atoms with E-state index in [4.69, 9.17) is 4.42 Å². The van der Waals surface area contributed by atoms with Crippen LogP contribution in [-0.2, 0) is 6.54 Å². The van der Waals surface area contributed by atoms with Crippen LogP contribution in [0.4, 0.5) is 0 Å². The zero-order valence-corrected chi connectivity index (χ0v) is 13.9. The lowest BCUT2D eigenvalue weighted by molar-refractivity contribution is 0.194. The van der Waals surface area contributed by atoms with Crippen LogP contribution < -0.4 is 5.32 Å². The molecular formula is C13H20Br2N2O. The van der Waals surface area contributed by atoms with Gasteiger partial charge in [0.15, 0.2) is 4.67 Å². The second kappa shape index (κ2) is 7.08. The summed E-state index contributed by atoms with van der Waals surface area (Å²) in [4.78, 5) is 2.47. The number of furan rings is 1. The maximum atomic E-state index is 5.65. The molecule has 18 heavy (non-hydrogen) atoms. The first-order valence-electron chi connectivity index (χ1n) is 6.55. The Bertz CT molecular complexity index is 356. The van der Waals surface area contributed by atoms with E-state index < -0.39 is 0 Å². The van der Waals surface area contributed by atoms with Gasteiger partial charge in [-0.15, -0.1) is 0 Å². The smallest absolute Gasteiger partial charge is 0.183 e. The van der Waals surface area contributed by atoms with E-state index in [9.17, 15) is 0 Å². The van der Waals surface area contributed by atoms with Crippen molar-refractivity contribution in [2.24, 2.45) is 5.92 Å². The van der Waals surface area contributed by atoms with Crippen LogP contribution in [0.1, 0.15) is 25.5 Å². The van der Waals surface area contributed by atoms with Gasteiger partial charge in [-0.2, -0.15) is 0 Å². The van der Waals surface area contributed by atoms with Gasteiger partial charge in [0.25, 0.3) is 0 Å². The van der Waals surface area contributed by atoms with Crippen molar-refractivity contribution in [3.63, 3.8) is 0 Å². The van der Waals surface area contributed by atoms with Gasteiger partial charge in [0.2, 0.25) is 0 Å². The lowest BCUT2D eigenvalue weighted by Crippen LogP contribution is -2.35. The van der Waals surface area contributed by atoms with Crippen molar-refractivity contribution >= 4 is 31.9 Å². The van der Waals surface area contributed by atoms with Gasteiger partial charge in [-0.05, 0) is 76.3 Å². The molecule has 1 fully saturated rings. The highest BCUT2D eigenvalue weighted by Gasteiger charge is 2.17. The van der Waals surface area contributed by atoms with E-state index in [1.54, 1.807) is 0 Å². The Morgan fingerprint density at radius 3 is 2.67 bits per heavy atom. The molecule has 0 spiro atoms. The maximum Gasteiger partial charge on any atom is 0.183 e. The molecule has 2 rings (SSSR count). The summed E-state index contributed by atoms with van der Waals surface area (Å²) in [6, 6.07) is 2.05. The van der Waals surface area contributed by atoms with Crippen molar-refractivity contribution in [3.8, 4) is 0 Å². The van der Waals surface area contributed by atoms with Crippen LogP contribution >= 0.6 is 31.9 Å². The predicted octanol–water partition coefficient (Wildman–Crippen LogP) is 3.63. The summed E-state index contributed by atoms with van der Waals surface area (Å²) in [5.41, 5.74) is 0. The molecule has 3 nitrogen and oxygen atoms in total. The average Bonchev–Trinajstić information content (AvgIpc) is 2.69. The van der Waals surface area contributed by atoms with E-state index in [2.05, 4.69) is 55.1 Å². The molecule has 1 N–H and O–H groups in total. The van der Waals surface area contributed by atoms with E-state index >= 15 is 0 Å². The van der Waals surface area contributed by atoms with Crippen molar-refractivity contribution in [3.05, 3.63) is 21.0 Å². The summed E-state index contributed by atoms with van der Waals surface area (Å²) >= 11 is 6.85. The summed E-state index contributed by atoms with van der Waals surface area (Å²) in [7, 11) is 0. The van der Waals surface area contributed by atoms with Gasteiger partial charge in [0.05, 0.1) is 11.0 Å². The van der Waals surface area contributed by atoms with Gasteiger partial charge in [0.1, 0.15) is 5.76 Å². The SMILES string of the molecule is CCN(Cc1cc(Br)c(Br)o1)CC1CCNCC1. The number of halogens is 2. The van der Waals surface area contributed by atoms with Gasteiger partial charge in [-0.1, -0.05) is 6.92 Å². The van der Waals surface area contributed by atoms with Crippen molar-refractivity contribution in [2.45, 2.75) is 26.3 Å². The molecule has 1 aromatic heterocycles. The lowest BCUT2D eigenvalue weighted by atomic mass is 9.97. The number of hydrogen-bond donors (Lipinski definition) is 1. The average molecular weight is 380 g/mol. The number of piperidine rings is 1. The fourth-order valence-corrected chi connectivity index (χ4v) is 3.08. The minimum atomic E-state index is 0.787. The number of hydrogen-bond acceptors (Lipinski definition) is 3. The molecule has 0 atom stereocenters. The Hall–Kier alpha value is 0.160. The Kier molecular flexibility index (Phi) is 5.73. The van der Waals surface area contributed by atoms with Crippen molar-refractivity contribution in [2.75, 3.05) is 26.2 Å². The quantitative estimate of drug-likeness (QED) is 0.846. The van der Waals surface area contributed by atoms with Crippen LogP contribution in [-0.4, -0.2) is 31.1 Å². The van der Waals surface area contributed by atoms with E-state index in [0.717, 1.165) is 33.9 Å². The van der Waals surface area contributed by atoms with Gasteiger partial charge in [-0.25, -0.2) is 0 Å². The molecule has 2 heterocycles. The zero-order chi connectivity index (χ0) is 13.0. The van der Waals surface area contributed by atoms with Crippen LogP contribution in [0.3, 0.4) is 0 Å². The van der Waals surface area contributed by atoms with Crippen LogP contribution in [0, 0.1) is 5.92 Å². The summed E-state index contributed by atoms with van der Waals surface area (Å²) in [5.74, 6) is 1.84. The second-order valence-electron chi connectivity index (χ2n) is 4.86. The molecule has 0 aromatic carbocycles. The molecular weight excluding hydrogens is 360 g/mol. The Balaban J connectivity index is 1.88. The highest BCUT2D eigenvalue weighted by atomic mass is 79.9. The third kappa shape index (κ3) is 4.08. The lowest BCUT2D eigenvalue weighted by Gasteiger charge is -2.28. The van der Waals surface area contributed by atoms with Gasteiger partial charge in [-0.3, -0.25) is 4.90 Å². The minimum Gasteiger partial charge on any atom is -0.452 e. The second-order valence-corrected chi connectivity index (χ2v) is 6.43. The molecule has 5 heteroatoms. The first kappa shape index (κ1) is 14.6. The predicted molar refractivity (Wildman–Crippen MR) is 80.7 cm³/mol. The van der Waals surface area contributed by atoms with Gasteiger partial charge >= 0.3 is 0 Å². The summed E-state index contributed by atoms with van der Waals surface area (Å²) in [6.45, 7) is 7.69. The van der Waals surface area contributed by atoms with E-state index in [-0.39, 0.29) is 0 Å². The fourth-order valence-electron chi connectivity index (χ4n) is 2.42. The molecule has 1 saturated heterocycles. The fraction of sp³-hybridized carbons (Fsp3) is 0.692. The molecule has 1 aliphatic heterocycles. The highest BCUT2D eigenvalue weighted by Crippen LogP contribution is 2.27. The van der Waals surface area contributed by atoms with Crippen molar-refractivity contribution in [1.29, 1.82) is 0 Å². The minimum absolute atomic E-state index is 0.787. The zero-order valence-electron chi connectivity index (χ0n) is 10.7. The summed E-state index contributed by atoms with van der Waals surface area (Å²) in [5, 5.41) is 3.42. The van der Waals surface area contributed by atoms with Crippen LogP contribution in [0.25, 0.3) is 0 Å². The van der Waals surface area contributed by atoms with Crippen molar-refractivity contribution < 1.29 is 4.42 Å². The summed E-state index contributed by atoms with van der Waals surface area (Å²) < 4.78 is 7.43. The van der Waals surface area contributed by atoms with Gasteiger partial charge < -0.3 is 9.73 Å². The number of nitrogens with one attached hydrogen (secondary N) is 1. The molecule has 0 unspecified atom stereocenters. The van der Waals surface area contributed by atoms with E-state index in [1.165, 1.54) is 32.5 Å². The first-order valence-corrected chi connectivity index (χ1v) is 8.14. The monoisotopic (exact) mass is 378 g/mol. The van der Waals surface area contributed by atoms with Crippen molar-refractivity contribution in [1.82, 2.24) is 10.2 Å². The molecule has 0 saturated carbocycles. The maximum absolute atomic E-state index is 5.65. The third-order valence-corrected chi connectivity index (χ3v) is 5.21. The molecule has 0 amide bonds. The molecule has 1 aliphatic rings. The first-order chi connectivity index (χ1) is 8.69. The van der Waals surface area contributed by atoms with Crippen LogP contribution in [0.15, 0.2) is 19.6 Å². The molecule has 102 valence electrons. The number of rotatable bonds is 5. The van der Waals surface area contributed by atoms with Crippen LogP contribution in [0.5, 0.6) is 0 Å². The molecule has 0 radical (unpaired) electrons. The van der Waals surface area contributed by atoms with Gasteiger partial charge in [0, 0.05) is 6.54 Å². The Labute approximate surface area is 126 Å². The molecule has 1 aromatic rings. The topological polar surface area (TPSA) is 28.4 Å². The Morgan fingerprint density at radius 2 is 2.11 bits per heavy atom. The molecule has 0 aliphatic carbocycles. The number of nitrogens with zero attached hydrogens (tertiary/aromatic N) is 1. The van der Waals surface area contributed by atoms with E-state index in [0.29, 0.717) is 0 Å². The van der Waals surface area contributed by atoms with E-state index in [1.807, 2.05) is 0 Å². The van der Waals surface area contributed by atoms with Crippen LogP contribution in [0.2, 0.25) is 0 Å². The summed E-state index contributed by atoms with van der Waals surface area (Å²) in [6.07, 6.45) is 2.59. The largest absolute Gasteiger partial charge is 0.452 e. The third-order valence-electron chi connectivity index (χ3n) is 3.50.